The number of para-hydroxylation sites is 1. The topological polar surface area (TPSA) is 52.7 Å². The number of sulfonamides is 1. The van der Waals surface area contributed by atoms with Crippen molar-refractivity contribution in [3.63, 3.8) is 0 Å². The van der Waals surface area contributed by atoms with E-state index in [1.54, 1.807) is 12.1 Å². The Morgan fingerprint density at radius 2 is 1.56 bits per heavy atom. The first-order valence-corrected chi connectivity index (χ1v) is 10.1. The zero-order valence-corrected chi connectivity index (χ0v) is 15.8. The third-order valence-corrected chi connectivity index (χ3v) is 6.53. The maximum atomic E-state index is 12.7. The van der Waals surface area contributed by atoms with Crippen molar-refractivity contribution < 1.29 is 8.42 Å². The zero-order valence-electron chi connectivity index (χ0n) is 13.4. The van der Waals surface area contributed by atoms with Gasteiger partial charge in [-0.15, -0.1) is 0 Å². The minimum atomic E-state index is -3.50. The third kappa shape index (κ3) is 4.30. The summed E-state index contributed by atoms with van der Waals surface area (Å²) in [5.41, 5.74) is 0.920. The predicted molar refractivity (Wildman–Crippen MR) is 104 cm³/mol. The van der Waals surface area contributed by atoms with E-state index >= 15 is 0 Å². The highest BCUT2D eigenvalue weighted by Gasteiger charge is 2.29. The SMILES string of the molecule is O=S(=O)(c1ccc(Cl)cc1)N1CCN(C(=S)Nc2ccccc2)CC1. The van der Waals surface area contributed by atoms with E-state index in [1.165, 1.54) is 16.4 Å². The molecule has 132 valence electrons. The molecular formula is C17H18ClN3O2S2. The first kappa shape index (κ1) is 18.1. The molecule has 3 rings (SSSR count). The summed E-state index contributed by atoms with van der Waals surface area (Å²) in [4.78, 5) is 2.24. The largest absolute Gasteiger partial charge is 0.346 e. The van der Waals surface area contributed by atoms with Crippen LogP contribution in [0.2, 0.25) is 5.02 Å². The number of hydrogen-bond acceptors (Lipinski definition) is 3. The molecule has 2 aromatic rings. The summed E-state index contributed by atoms with van der Waals surface area (Å²) in [5, 5.41) is 4.30. The standard InChI is InChI=1S/C17H18ClN3O2S2/c18-14-6-8-16(9-7-14)25(22,23)21-12-10-20(11-13-21)17(24)19-15-4-2-1-3-5-15/h1-9H,10-13H2,(H,19,24). The second kappa shape index (κ2) is 7.70. The van der Waals surface area contributed by atoms with E-state index in [2.05, 4.69) is 5.32 Å². The number of nitrogens with one attached hydrogen (secondary N) is 1. The van der Waals surface area contributed by atoms with Gasteiger partial charge in [0.15, 0.2) is 5.11 Å². The van der Waals surface area contributed by atoms with Crippen LogP contribution in [0.4, 0.5) is 5.69 Å². The van der Waals surface area contributed by atoms with Crippen molar-refractivity contribution in [3.05, 3.63) is 59.6 Å². The van der Waals surface area contributed by atoms with Crippen LogP contribution in [0.3, 0.4) is 0 Å². The van der Waals surface area contributed by atoms with Crippen molar-refractivity contribution in [1.29, 1.82) is 0 Å². The van der Waals surface area contributed by atoms with E-state index in [0.717, 1.165) is 5.69 Å². The molecule has 25 heavy (non-hydrogen) atoms. The summed E-state index contributed by atoms with van der Waals surface area (Å²) in [6.45, 7) is 1.88. The summed E-state index contributed by atoms with van der Waals surface area (Å²) >= 11 is 11.3. The highest BCUT2D eigenvalue weighted by Crippen LogP contribution is 2.20. The molecule has 0 bridgehead atoms. The average molecular weight is 396 g/mol. The molecule has 2 aromatic carbocycles. The number of hydrogen-bond donors (Lipinski definition) is 1. The van der Waals surface area contributed by atoms with Crippen molar-refractivity contribution >= 4 is 44.6 Å². The molecule has 1 saturated heterocycles. The number of halogens is 1. The fourth-order valence-corrected chi connectivity index (χ4v) is 4.46. The van der Waals surface area contributed by atoms with Crippen molar-refractivity contribution in [2.24, 2.45) is 0 Å². The lowest BCUT2D eigenvalue weighted by Gasteiger charge is -2.35. The van der Waals surface area contributed by atoms with Gasteiger partial charge < -0.3 is 10.2 Å². The third-order valence-electron chi connectivity index (χ3n) is 4.00. The number of nitrogens with zero attached hydrogens (tertiary/aromatic N) is 2. The monoisotopic (exact) mass is 395 g/mol. The second-order valence-corrected chi connectivity index (χ2v) is 8.40. The first-order chi connectivity index (χ1) is 12.0. The molecule has 0 spiro atoms. The Bertz CT molecular complexity index is 834. The maximum Gasteiger partial charge on any atom is 0.243 e. The van der Waals surface area contributed by atoms with Gasteiger partial charge in [0.05, 0.1) is 4.90 Å². The number of rotatable bonds is 3. The van der Waals surface area contributed by atoms with Gasteiger partial charge in [-0.1, -0.05) is 29.8 Å². The number of thiocarbonyl (C=S) groups is 1. The fourth-order valence-electron chi connectivity index (χ4n) is 2.61. The Labute approximate surface area is 158 Å². The molecule has 1 N–H and O–H groups in total. The summed E-state index contributed by atoms with van der Waals surface area (Å²) in [6, 6.07) is 15.9. The lowest BCUT2D eigenvalue weighted by Crippen LogP contribution is -2.51. The van der Waals surface area contributed by atoms with Crippen LogP contribution in [0.15, 0.2) is 59.5 Å². The molecule has 0 amide bonds. The lowest BCUT2D eigenvalue weighted by atomic mass is 10.3. The minimum Gasteiger partial charge on any atom is -0.346 e. The van der Waals surface area contributed by atoms with Crippen LogP contribution in [0.5, 0.6) is 0 Å². The average Bonchev–Trinajstić information content (AvgIpc) is 2.63. The molecule has 0 saturated carbocycles. The van der Waals surface area contributed by atoms with Gasteiger partial charge in [-0.05, 0) is 48.6 Å². The second-order valence-electron chi connectivity index (χ2n) is 5.64. The van der Waals surface area contributed by atoms with Gasteiger partial charge in [0, 0.05) is 36.9 Å². The van der Waals surface area contributed by atoms with Gasteiger partial charge in [0.1, 0.15) is 0 Å². The molecule has 0 unspecified atom stereocenters. The van der Waals surface area contributed by atoms with E-state index in [9.17, 15) is 8.42 Å². The molecule has 5 nitrogen and oxygen atoms in total. The van der Waals surface area contributed by atoms with Gasteiger partial charge in [0.2, 0.25) is 10.0 Å². The number of anilines is 1. The van der Waals surface area contributed by atoms with Gasteiger partial charge in [-0.25, -0.2) is 8.42 Å². The van der Waals surface area contributed by atoms with Gasteiger partial charge in [-0.2, -0.15) is 4.31 Å². The first-order valence-electron chi connectivity index (χ1n) is 7.83. The highest BCUT2D eigenvalue weighted by atomic mass is 35.5. The molecule has 8 heteroatoms. The van der Waals surface area contributed by atoms with Crippen molar-refractivity contribution in [2.45, 2.75) is 4.90 Å². The minimum absolute atomic E-state index is 0.260. The Morgan fingerprint density at radius 3 is 2.16 bits per heavy atom. The van der Waals surface area contributed by atoms with E-state index in [1.807, 2.05) is 35.2 Å². The molecule has 1 heterocycles. The molecule has 1 aliphatic rings. The Balaban J connectivity index is 1.61. The zero-order chi connectivity index (χ0) is 17.9. The maximum absolute atomic E-state index is 12.7. The van der Waals surface area contributed by atoms with Crippen LogP contribution >= 0.6 is 23.8 Å². The molecule has 0 atom stereocenters. The summed E-state index contributed by atoms with van der Waals surface area (Å²) in [6.07, 6.45) is 0. The predicted octanol–water partition coefficient (Wildman–Crippen LogP) is 3.04. The van der Waals surface area contributed by atoms with Crippen LogP contribution in [0, 0.1) is 0 Å². The van der Waals surface area contributed by atoms with Crippen LogP contribution in [0.25, 0.3) is 0 Å². The van der Waals surface area contributed by atoms with Crippen LogP contribution in [0.1, 0.15) is 0 Å². The van der Waals surface area contributed by atoms with Gasteiger partial charge in [-0.3, -0.25) is 0 Å². The Hall–Kier alpha value is -1.67. The fraction of sp³-hybridized carbons (Fsp3) is 0.235. The summed E-state index contributed by atoms with van der Waals surface area (Å²) < 4.78 is 26.8. The highest BCUT2D eigenvalue weighted by molar-refractivity contribution is 7.89. The molecule has 0 radical (unpaired) electrons. The normalized spacial score (nSPS) is 15.8. The Kier molecular flexibility index (Phi) is 5.58. The Morgan fingerprint density at radius 1 is 0.960 bits per heavy atom. The van der Waals surface area contributed by atoms with E-state index in [4.69, 9.17) is 23.8 Å². The van der Waals surface area contributed by atoms with Crippen molar-refractivity contribution in [2.75, 3.05) is 31.5 Å². The van der Waals surface area contributed by atoms with Gasteiger partial charge >= 0.3 is 0 Å². The number of benzene rings is 2. The summed E-state index contributed by atoms with van der Waals surface area (Å²) in [7, 11) is -3.50. The van der Waals surface area contributed by atoms with E-state index in [0.29, 0.717) is 36.3 Å². The molecular weight excluding hydrogens is 378 g/mol. The molecule has 1 aliphatic heterocycles. The van der Waals surface area contributed by atoms with Crippen molar-refractivity contribution in [3.8, 4) is 0 Å². The van der Waals surface area contributed by atoms with Gasteiger partial charge in [0.25, 0.3) is 0 Å². The van der Waals surface area contributed by atoms with E-state index in [-0.39, 0.29) is 4.90 Å². The molecule has 1 fully saturated rings. The van der Waals surface area contributed by atoms with Crippen LogP contribution in [-0.4, -0.2) is 48.9 Å². The summed E-state index contributed by atoms with van der Waals surface area (Å²) in [5.74, 6) is 0. The van der Waals surface area contributed by atoms with Crippen molar-refractivity contribution in [1.82, 2.24) is 9.21 Å². The quantitative estimate of drug-likeness (QED) is 0.809. The molecule has 0 aliphatic carbocycles. The van der Waals surface area contributed by atoms with Crippen LogP contribution < -0.4 is 5.32 Å². The molecule has 0 aromatic heterocycles. The smallest absolute Gasteiger partial charge is 0.243 e. The number of piperazine rings is 1. The van der Waals surface area contributed by atoms with E-state index < -0.39 is 10.0 Å². The van der Waals surface area contributed by atoms with Crippen LogP contribution in [-0.2, 0) is 10.0 Å². The lowest BCUT2D eigenvalue weighted by molar-refractivity contribution is 0.268.